The van der Waals surface area contributed by atoms with Gasteiger partial charge >= 0.3 is 0 Å². The molecule has 0 unspecified atom stereocenters. The van der Waals surface area contributed by atoms with Crippen molar-refractivity contribution in [2.24, 2.45) is 0 Å². The van der Waals surface area contributed by atoms with Crippen LogP contribution in [0.1, 0.15) is 32.3 Å². The molecule has 8 heteroatoms. The first-order chi connectivity index (χ1) is 9.52. The topological polar surface area (TPSA) is 95.7 Å². The lowest BCUT2D eigenvalue weighted by Gasteiger charge is -2.12. The van der Waals surface area contributed by atoms with E-state index in [9.17, 15) is 0 Å². The van der Waals surface area contributed by atoms with Gasteiger partial charge < -0.3 is 9.05 Å². The third kappa shape index (κ3) is 2.44. The van der Waals surface area contributed by atoms with Crippen LogP contribution in [0.15, 0.2) is 27.5 Å². The standard InChI is InChI=1S/C12H14N6O2/c1-12(2,3)9-6-8(19-15-9)11-14-10(16-20-11)7-18-5-4-13-17-18/h4-6H,7H2,1-3H3. The average molecular weight is 274 g/mol. The van der Waals surface area contributed by atoms with Gasteiger partial charge in [0.1, 0.15) is 6.54 Å². The second-order valence-electron chi connectivity index (χ2n) is 5.44. The quantitative estimate of drug-likeness (QED) is 0.716. The van der Waals surface area contributed by atoms with Crippen LogP contribution in [0.4, 0.5) is 0 Å². The highest BCUT2D eigenvalue weighted by Crippen LogP contribution is 2.26. The zero-order valence-electron chi connectivity index (χ0n) is 11.4. The van der Waals surface area contributed by atoms with E-state index in [-0.39, 0.29) is 5.41 Å². The highest BCUT2D eigenvalue weighted by atomic mass is 16.5. The minimum Gasteiger partial charge on any atom is -0.351 e. The Morgan fingerprint density at radius 3 is 2.70 bits per heavy atom. The molecule has 0 N–H and O–H groups in total. The van der Waals surface area contributed by atoms with E-state index in [1.165, 1.54) is 0 Å². The molecule has 3 aromatic rings. The van der Waals surface area contributed by atoms with Crippen LogP contribution in [-0.4, -0.2) is 30.3 Å². The molecule has 20 heavy (non-hydrogen) atoms. The second-order valence-corrected chi connectivity index (χ2v) is 5.44. The molecular formula is C12H14N6O2. The van der Waals surface area contributed by atoms with Crippen LogP contribution in [-0.2, 0) is 12.0 Å². The summed E-state index contributed by atoms with van der Waals surface area (Å²) in [6, 6.07) is 1.81. The normalized spacial score (nSPS) is 11.9. The van der Waals surface area contributed by atoms with E-state index in [0.717, 1.165) is 5.69 Å². The molecule has 0 aromatic carbocycles. The summed E-state index contributed by atoms with van der Waals surface area (Å²) < 4.78 is 12.0. The van der Waals surface area contributed by atoms with Crippen LogP contribution >= 0.6 is 0 Å². The van der Waals surface area contributed by atoms with Gasteiger partial charge in [-0.1, -0.05) is 36.3 Å². The van der Waals surface area contributed by atoms with E-state index in [2.05, 4.69) is 46.4 Å². The first kappa shape index (κ1) is 12.5. The summed E-state index contributed by atoms with van der Waals surface area (Å²) in [6.45, 7) is 6.56. The van der Waals surface area contributed by atoms with Gasteiger partial charge in [0.25, 0.3) is 5.89 Å². The molecule has 0 amide bonds. The second kappa shape index (κ2) is 4.55. The Hall–Kier alpha value is -2.51. The zero-order valence-corrected chi connectivity index (χ0v) is 11.4. The summed E-state index contributed by atoms with van der Waals surface area (Å²) in [6.07, 6.45) is 3.31. The maximum absolute atomic E-state index is 5.24. The lowest BCUT2D eigenvalue weighted by molar-refractivity contribution is 0.370. The van der Waals surface area contributed by atoms with Crippen LogP contribution in [0.2, 0.25) is 0 Å². The molecule has 0 fully saturated rings. The van der Waals surface area contributed by atoms with Crippen molar-refractivity contribution in [2.45, 2.75) is 32.7 Å². The van der Waals surface area contributed by atoms with Crippen LogP contribution in [0.3, 0.4) is 0 Å². The van der Waals surface area contributed by atoms with Crippen molar-refractivity contribution in [1.29, 1.82) is 0 Å². The Balaban J connectivity index is 1.81. The van der Waals surface area contributed by atoms with Crippen molar-refractivity contribution in [3.05, 3.63) is 30.0 Å². The van der Waals surface area contributed by atoms with Gasteiger partial charge in [-0.3, -0.25) is 0 Å². The molecule has 0 radical (unpaired) electrons. The summed E-state index contributed by atoms with van der Waals surface area (Å²) >= 11 is 0. The molecule has 3 aromatic heterocycles. The molecule has 0 saturated carbocycles. The molecule has 0 spiro atoms. The highest BCUT2D eigenvalue weighted by Gasteiger charge is 2.22. The fourth-order valence-corrected chi connectivity index (χ4v) is 1.61. The smallest absolute Gasteiger partial charge is 0.296 e. The van der Waals surface area contributed by atoms with Crippen molar-refractivity contribution in [3.8, 4) is 11.7 Å². The number of nitrogens with zero attached hydrogens (tertiary/aromatic N) is 6. The maximum Gasteiger partial charge on any atom is 0.296 e. The van der Waals surface area contributed by atoms with Crippen molar-refractivity contribution < 1.29 is 9.05 Å². The van der Waals surface area contributed by atoms with E-state index in [1.54, 1.807) is 17.1 Å². The van der Waals surface area contributed by atoms with Gasteiger partial charge in [-0.25, -0.2) is 4.68 Å². The summed E-state index contributed by atoms with van der Waals surface area (Å²) in [4.78, 5) is 4.25. The molecule has 3 rings (SSSR count). The summed E-state index contributed by atoms with van der Waals surface area (Å²) in [5.41, 5.74) is 0.745. The van der Waals surface area contributed by atoms with E-state index in [4.69, 9.17) is 9.05 Å². The molecule has 0 aliphatic rings. The molecular weight excluding hydrogens is 260 g/mol. The Bertz CT molecular complexity index is 692. The fourth-order valence-electron chi connectivity index (χ4n) is 1.61. The van der Waals surface area contributed by atoms with E-state index in [0.29, 0.717) is 24.0 Å². The molecule has 0 atom stereocenters. The van der Waals surface area contributed by atoms with E-state index in [1.807, 2.05) is 6.07 Å². The number of rotatable bonds is 3. The van der Waals surface area contributed by atoms with Gasteiger partial charge in [0, 0.05) is 17.7 Å². The molecule has 0 bridgehead atoms. The summed E-state index contributed by atoms with van der Waals surface area (Å²) in [7, 11) is 0. The molecule has 104 valence electrons. The minimum atomic E-state index is -0.0919. The SMILES string of the molecule is CC(C)(C)c1cc(-c2nc(Cn3ccnn3)no2)on1. The van der Waals surface area contributed by atoms with Gasteiger partial charge in [-0.15, -0.1) is 5.10 Å². The molecule has 0 aliphatic carbocycles. The van der Waals surface area contributed by atoms with Gasteiger partial charge in [0.2, 0.25) is 5.76 Å². The van der Waals surface area contributed by atoms with Crippen LogP contribution in [0, 0.1) is 0 Å². The Kier molecular flexibility index (Phi) is 2.85. The third-order valence-electron chi connectivity index (χ3n) is 2.73. The molecule has 3 heterocycles. The van der Waals surface area contributed by atoms with Crippen LogP contribution < -0.4 is 0 Å². The Morgan fingerprint density at radius 2 is 2.05 bits per heavy atom. The molecule has 8 nitrogen and oxygen atoms in total. The maximum atomic E-state index is 5.24. The first-order valence-electron chi connectivity index (χ1n) is 6.16. The monoisotopic (exact) mass is 274 g/mol. The van der Waals surface area contributed by atoms with Crippen molar-refractivity contribution in [3.63, 3.8) is 0 Å². The average Bonchev–Trinajstić information content (AvgIpc) is 3.08. The number of hydrogen-bond donors (Lipinski definition) is 0. The lowest BCUT2D eigenvalue weighted by Crippen LogP contribution is -2.10. The number of hydrogen-bond acceptors (Lipinski definition) is 7. The van der Waals surface area contributed by atoms with Crippen LogP contribution in [0.5, 0.6) is 0 Å². The lowest BCUT2D eigenvalue weighted by atomic mass is 9.92. The predicted molar refractivity (Wildman–Crippen MR) is 67.6 cm³/mol. The highest BCUT2D eigenvalue weighted by molar-refractivity contribution is 5.44. The summed E-state index contributed by atoms with van der Waals surface area (Å²) in [5.74, 6) is 1.27. The van der Waals surface area contributed by atoms with Crippen molar-refractivity contribution in [1.82, 2.24) is 30.3 Å². The van der Waals surface area contributed by atoms with E-state index >= 15 is 0 Å². The van der Waals surface area contributed by atoms with E-state index < -0.39 is 0 Å². The van der Waals surface area contributed by atoms with Crippen LogP contribution in [0.25, 0.3) is 11.7 Å². The summed E-state index contributed by atoms with van der Waals surface area (Å²) in [5, 5.41) is 15.4. The Morgan fingerprint density at radius 1 is 1.20 bits per heavy atom. The van der Waals surface area contributed by atoms with Gasteiger partial charge in [-0.2, -0.15) is 4.98 Å². The van der Waals surface area contributed by atoms with Gasteiger partial charge in [0.05, 0.1) is 11.9 Å². The third-order valence-corrected chi connectivity index (χ3v) is 2.73. The fraction of sp³-hybridized carbons (Fsp3) is 0.417. The first-order valence-corrected chi connectivity index (χ1v) is 6.16. The minimum absolute atomic E-state index is 0.0919. The van der Waals surface area contributed by atoms with Gasteiger partial charge in [0.15, 0.2) is 5.82 Å². The largest absolute Gasteiger partial charge is 0.351 e. The molecule has 0 aliphatic heterocycles. The zero-order chi connectivity index (χ0) is 14.2. The Labute approximate surface area is 114 Å². The van der Waals surface area contributed by atoms with Crippen molar-refractivity contribution >= 4 is 0 Å². The number of aromatic nitrogens is 6. The van der Waals surface area contributed by atoms with Gasteiger partial charge in [-0.05, 0) is 0 Å². The predicted octanol–water partition coefficient (Wildman–Crippen LogP) is 1.66. The molecule has 0 saturated heterocycles. The van der Waals surface area contributed by atoms with Crippen molar-refractivity contribution in [2.75, 3.05) is 0 Å².